The van der Waals surface area contributed by atoms with E-state index >= 15 is 0 Å². The zero-order valence-corrected chi connectivity index (χ0v) is 12.7. The molecular formula is C18H23NO. The average molecular weight is 269 g/mol. The van der Waals surface area contributed by atoms with Gasteiger partial charge in [0.2, 0.25) is 0 Å². The molecule has 0 saturated carbocycles. The van der Waals surface area contributed by atoms with Crippen LogP contribution in [-0.4, -0.2) is 7.11 Å². The molecule has 1 unspecified atom stereocenters. The molecule has 0 heterocycles. The van der Waals surface area contributed by atoms with E-state index in [4.69, 9.17) is 10.5 Å². The van der Waals surface area contributed by atoms with Gasteiger partial charge in [-0.25, -0.2) is 0 Å². The summed E-state index contributed by atoms with van der Waals surface area (Å²) in [5.74, 6) is 0.851. The summed E-state index contributed by atoms with van der Waals surface area (Å²) < 4.78 is 5.45. The van der Waals surface area contributed by atoms with E-state index in [1.54, 1.807) is 7.11 Å². The van der Waals surface area contributed by atoms with Crippen LogP contribution in [0.5, 0.6) is 5.75 Å². The van der Waals surface area contributed by atoms with Crippen LogP contribution < -0.4 is 10.5 Å². The molecule has 0 fully saturated rings. The van der Waals surface area contributed by atoms with Crippen molar-refractivity contribution in [1.82, 2.24) is 0 Å². The lowest BCUT2D eigenvalue weighted by atomic mass is 9.83. The van der Waals surface area contributed by atoms with Crippen molar-refractivity contribution in [2.45, 2.75) is 32.7 Å². The molecule has 2 N–H and O–H groups in total. The quantitative estimate of drug-likeness (QED) is 0.918. The SMILES string of the molecule is COc1ccccc1C(C)(N)Cc1c(C)cccc1C. The van der Waals surface area contributed by atoms with Crippen molar-refractivity contribution in [3.8, 4) is 5.75 Å². The molecule has 2 rings (SSSR count). The zero-order chi connectivity index (χ0) is 14.8. The van der Waals surface area contributed by atoms with Crippen molar-refractivity contribution >= 4 is 0 Å². The lowest BCUT2D eigenvalue weighted by molar-refractivity contribution is 0.386. The van der Waals surface area contributed by atoms with Crippen molar-refractivity contribution in [1.29, 1.82) is 0 Å². The van der Waals surface area contributed by atoms with Crippen molar-refractivity contribution in [3.63, 3.8) is 0 Å². The highest BCUT2D eigenvalue weighted by molar-refractivity contribution is 5.42. The number of rotatable bonds is 4. The minimum Gasteiger partial charge on any atom is -0.496 e. The van der Waals surface area contributed by atoms with Gasteiger partial charge in [0.05, 0.1) is 7.11 Å². The van der Waals surface area contributed by atoms with Gasteiger partial charge in [0.25, 0.3) is 0 Å². The van der Waals surface area contributed by atoms with Crippen LogP contribution in [0.3, 0.4) is 0 Å². The van der Waals surface area contributed by atoms with E-state index < -0.39 is 5.54 Å². The Labute approximate surface area is 121 Å². The van der Waals surface area contributed by atoms with Crippen molar-refractivity contribution < 1.29 is 4.74 Å². The molecule has 0 aliphatic carbocycles. The monoisotopic (exact) mass is 269 g/mol. The molecular weight excluding hydrogens is 246 g/mol. The molecule has 0 saturated heterocycles. The second kappa shape index (κ2) is 5.68. The van der Waals surface area contributed by atoms with E-state index in [-0.39, 0.29) is 0 Å². The number of para-hydroxylation sites is 1. The van der Waals surface area contributed by atoms with Crippen LogP contribution in [0.2, 0.25) is 0 Å². The minimum atomic E-state index is -0.455. The second-order valence-electron chi connectivity index (χ2n) is 5.66. The summed E-state index contributed by atoms with van der Waals surface area (Å²) in [6, 6.07) is 14.4. The van der Waals surface area contributed by atoms with Gasteiger partial charge in [0.1, 0.15) is 5.75 Å². The van der Waals surface area contributed by atoms with Crippen molar-refractivity contribution in [2.75, 3.05) is 7.11 Å². The highest BCUT2D eigenvalue weighted by Gasteiger charge is 2.26. The maximum absolute atomic E-state index is 6.60. The molecule has 1 atom stereocenters. The van der Waals surface area contributed by atoms with Gasteiger partial charge in [0.15, 0.2) is 0 Å². The first-order valence-corrected chi connectivity index (χ1v) is 6.93. The maximum Gasteiger partial charge on any atom is 0.123 e. The van der Waals surface area contributed by atoms with Gasteiger partial charge in [-0.05, 0) is 49.9 Å². The van der Waals surface area contributed by atoms with Crippen molar-refractivity contribution in [3.05, 3.63) is 64.7 Å². The summed E-state index contributed by atoms with van der Waals surface area (Å²) >= 11 is 0. The average Bonchev–Trinajstić information content (AvgIpc) is 2.43. The molecule has 0 spiro atoms. The third-order valence-corrected chi connectivity index (χ3v) is 3.91. The largest absolute Gasteiger partial charge is 0.496 e. The first kappa shape index (κ1) is 14.6. The Kier molecular flexibility index (Phi) is 4.15. The molecule has 2 heteroatoms. The predicted octanol–water partition coefficient (Wildman–Crippen LogP) is 3.73. The molecule has 20 heavy (non-hydrogen) atoms. The van der Waals surface area contributed by atoms with E-state index in [2.05, 4.69) is 39.0 Å². The molecule has 0 aliphatic rings. The van der Waals surface area contributed by atoms with Crippen molar-refractivity contribution in [2.24, 2.45) is 5.73 Å². The van der Waals surface area contributed by atoms with Gasteiger partial charge in [-0.1, -0.05) is 36.4 Å². The lowest BCUT2D eigenvalue weighted by Gasteiger charge is -2.28. The van der Waals surface area contributed by atoms with Crippen LogP contribution in [0, 0.1) is 13.8 Å². The third-order valence-electron chi connectivity index (χ3n) is 3.91. The molecule has 2 nitrogen and oxygen atoms in total. The molecule has 106 valence electrons. The van der Waals surface area contributed by atoms with E-state index in [1.165, 1.54) is 16.7 Å². The molecule has 0 aliphatic heterocycles. The fraction of sp³-hybridized carbons (Fsp3) is 0.333. The first-order valence-electron chi connectivity index (χ1n) is 6.93. The van der Waals surface area contributed by atoms with Gasteiger partial charge in [-0.3, -0.25) is 0 Å². The summed E-state index contributed by atoms with van der Waals surface area (Å²) in [7, 11) is 1.69. The Morgan fingerprint density at radius 3 is 2.20 bits per heavy atom. The van der Waals surface area contributed by atoms with Gasteiger partial charge in [-0.2, -0.15) is 0 Å². The van der Waals surface area contributed by atoms with Crippen LogP contribution in [0.15, 0.2) is 42.5 Å². The number of hydrogen-bond donors (Lipinski definition) is 1. The fourth-order valence-electron chi connectivity index (χ4n) is 2.71. The van der Waals surface area contributed by atoms with Crippen LogP contribution in [-0.2, 0) is 12.0 Å². The lowest BCUT2D eigenvalue weighted by Crippen LogP contribution is -2.36. The Bertz CT molecular complexity index is 582. The molecule has 0 amide bonds. The van der Waals surface area contributed by atoms with Crippen LogP contribution >= 0.6 is 0 Å². The first-order chi connectivity index (χ1) is 9.45. The Morgan fingerprint density at radius 1 is 1.00 bits per heavy atom. The highest BCUT2D eigenvalue weighted by Crippen LogP contribution is 2.32. The summed E-state index contributed by atoms with van der Waals surface area (Å²) in [4.78, 5) is 0. The second-order valence-corrected chi connectivity index (χ2v) is 5.66. The molecule has 2 aromatic carbocycles. The Hall–Kier alpha value is -1.80. The summed E-state index contributed by atoms with van der Waals surface area (Å²) in [5.41, 5.74) is 11.1. The number of nitrogens with two attached hydrogens (primary N) is 1. The Balaban J connectivity index is 2.41. The molecule has 0 bridgehead atoms. The topological polar surface area (TPSA) is 35.2 Å². The van der Waals surface area contributed by atoms with E-state index in [9.17, 15) is 0 Å². The smallest absolute Gasteiger partial charge is 0.123 e. The minimum absolute atomic E-state index is 0.455. The van der Waals surface area contributed by atoms with Crippen LogP contribution in [0.25, 0.3) is 0 Å². The molecule has 0 radical (unpaired) electrons. The standard InChI is InChI=1S/C18H23NO/c1-13-8-7-9-14(2)15(13)12-18(3,19)16-10-5-6-11-17(16)20-4/h5-11H,12,19H2,1-4H3. The fourth-order valence-corrected chi connectivity index (χ4v) is 2.71. The van der Waals surface area contributed by atoms with E-state index in [0.717, 1.165) is 17.7 Å². The van der Waals surface area contributed by atoms with Crippen LogP contribution in [0.1, 0.15) is 29.2 Å². The van der Waals surface area contributed by atoms with Gasteiger partial charge in [0, 0.05) is 11.1 Å². The van der Waals surface area contributed by atoms with E-state index in [1.807, 2.05) is 24.3 Å². The number of benzene rings is 2. The molecule has 0 aromatic heterocycles. The normalized spacial score (nSPS) is 13.8. The molecule has 2 aromatic rings. The number of hydrogen-bond acceptors (Lipinski definition) is 2. The van der Waals surface area contributed by atoms with Crippen LogP contribution in [0.4, 0.5) is 0 Å². The van der Waals surface area contributed by atoms with Gasteiger partial charge < -0.3 is 10.5 Å². The number of methoxy groups -OCH3 is 1. The predicted molar refractivity (Wildman–Crippen MR) is 84.2 cm³/mol. The summed E-state index contributed by atoms with van der Waals surface area (Å²) in [6.45, 7) is 6.35. The number of aryl methyl sites for hydroxylation is 2. The highest BCUT2D eigenvalue weighted by atomic mass is 16.5. The third kappa shape index (κ3) is 2.86. The summed E-state index contributed by atoms with van der Waals surface area (Å²) in [6.07, 6.45) is 0.798. The summed E-state index contributed by atoms with van der Waals surface area (Å²) in [5, 5.41) is 0. The van der Waals surface area contributed by atoms with Gasteiger partial charge in [-0.15, -0.1) is 0 Å². The van der Waals surface area contributed by atoms with E-state index in [0.29, 0.717) is 0 Å². The van der Waals surface area contributed by atoms with Gasteiger partial charge >= 0.3 is 0 Å². The maximum atomic E-state index is 6.60. The zero-order valence-electron chi connectivity index (χ0n) is 12.7. The number of ether oxygens (including phenoxy) is 1. The Morgan fingerprint density at radius 2 is 1.60 bits per heavy atom.